The van der Waals surface area contributed by atoms with Gasteiger partial charge in [-0.25, -0.2) is 4.39 Å². The van der Waals surface area contributed by atoms with Crippen LogP contribution in [0.5, 0.6) is 0 Å². The molecule has 5 heteroatoms. The second kappa shape index (κ2) is 7.50. The average Bonchev–Trinajstić information content (AvgIpc) is 2.45. The number of aliphatic hydroxyl groups excluding tert-OH is 1. The first-order valence-electron chi connectivity index (χ1n) is 7.14. The van der Waals surface area contributed by atoms with Gasteiger partial charge in [0.05, 0.1) is 0 Å². The summed E-state index contributed by atoms with van der Waals surface area (Å²) in [5, 5.41) is 12.4. The van der Waals surface area contributed by atoms with Crippen LogP contribution in [-0.2, 0) is 0 Å². The third-order valence-corrected chi connectivity index (χ3v) is 4.29. The number of benzene rings is 1. The van der Waals surface area contributed by atoms with Gasteiger partial charge in [-0.3, -0.25) is 4.90 Å². The van der Waals surface area contributed by atoms with Crippen LogP contribution in [0.3, 0.4) is 0 Å². The van der Waals surface area contributed by atoms with Gasteiger partial charge in [-0.15, -0.1) is 0 Å². The highest BCUT2D eigenvalue weighted by Crippen LogP contribution is 2.31. The lowest BCUT2D eigenvalue weighted by Gasteiger charge is -2.35. The van der Waals surface area contributed by atoms with E-state index >= 15 is 0 Å². The zero-order valence-corrected chi connectivity index (χ0v) is 13.4. The lowest BCUT2D eigenvalue weighted by atomic mass is 9.97. The molecule has 1 fully saturated rings. The minimum atomic E-state index is -0.116. The topological polar surface area (TPSA) is 35.5 Å². The Balaban J connectivity index is 2.29. The highest BCUT2D eigenvalue weighted by atomic mass is 79.9. The maximum Gasteiger partial charge on any atom is 0.130 e. The normalized spacial score (nSPS) is 18.2. The number of nitrogens with one attached hydrogen (secondary N) is 1. The molecule has 1 saturated heterocycles. The number of nitrogens with zero attached hydrogens (tertiary/aromatic N) is 1. The van der Waals surface area contributed by atoms with E-state index in [1.165, 1.54) is 0 Å². The van der Waals surface area contributed by atoms with E-state index in [1.54, 1.807) is 13.0 Å². The molecule has 0 unspecified atom stereocenters. The Morgan fingerprint density at radius 2 is 2.10 bits per heavy atom. The lowest BCUT2D eigenvalue weighted by Crippen LogP contribution is -2.45. The van der Waals surface area contributed by atoms with Crippen molar-refractivity contribution >= 4 is 15.9 Å². The minimum Gasteiger partial charge on any atom is -0.396 e. The van der Waals surface area contributed by atoms with Crippen molar-refractivity contribution in [2.45, 2.75) is 25.8 Å². The minimum absolute atomic E-state index is 0.0421. The van der Waals surface area contributed by atoms with Gasteiger partial charge >= 0.3 is 0 Å². The Morgan fingerprint density at radius 1 is 1.40 bits per heavy atom. The summed E-state index contributed by atoms with van der Waals surface area (Å²) in [6.07, 6.45) is 1.48. The smallest absolute Gasteiger partial charge is 0.130 e. The van der Waals surface area contributed by atoms with E-state index in [-0.39, 0.29) is 18.5 Å². The molecule has 1 aliphatic rings. The molecule has 3 nitrogen and oxygen atoms in total. The molecule has 20 heavy (non-hydrogen) atoms. The molecule has 2 N–H and O–H groups in total. The molecule has 0 spiro atoms. The molecule has 1 atom stereocenters. The molecule has 0 aliphatic carbocycles. The van der Waals surface area contributed by atoms with Gasteiger partial charge in [-0.2, -0.15) is 0 Å². The number of rotatable bonds is 5. The number of aryl methyl sites for hydroxylation is 1. The fourth-order valence-electron chi connectivity index (χ4n) is 2.81. The predicted octanol–water partition coefficient (Wildman–Crippen LogP) is 2.62. The predicted molar refractivity (Wildman–Crippen MR) is 82.3 cm³/mol. The standard InChI is InChI=1S/C15H22BrFN2O/c1-11-9-12(16)10-13(15(11)17)14(3-2-8-20)19-6-4-18-5-7-19/h9-10,14,18,20H,2-8H2,1H3/t14-/m1/s1. The molecular weight excluding hydrogens is 323 g/mol. The van der Waals surface area contributed by atoms with Crippen LogP contribution in [0.1, 0.15) is 30.0 Å². The molecule has 1 heterocycles. The van der Waals surface area contributed by atoms with E-state index in [4.69, 9.17) is 5.11 Å². The number of hydrogen-bond donors (Lipinski definition) is 2. The van der Waals surface area contributed by atoms with Crippen LogP contribution >= 0.6 is 15.9 Å². The largest absolute Gasteiger partial charge is 0.396 e. The van der Waals surface area contributed by atoms with Crippen molar-refractivity contribution in [3.8, 4) is 0 Å². The van der Waals surface area contributed by atoms with E-state index in [0.29, 0.717) is 12.0 Å². The number of aliphatic hydroxyl groups is 1. The summed E-state index contributed by atoms with van der Waals surface area (Å²) in [5.74, 6) is -0.116. The van der Waals surface area contributed by atoms with Crippen molar-refractivity contribution in [2.24, 2.45) is 0 Å². The number of halogens is 2. The molecule has 1 aliphatic heterocycles. The molecule has 2 rings (SSSR count). The summed E-state index contributed by atoms with van der Waals surface area (Å²) in [6, 6.07) is 3.73. The Hall–Kier alpha value is -0.490. The number of hydrogen-bond acceptors (Lipinski definition) is 3. The van der Waals surface area contributed by atoms with Gasteiger partial charge in [0.2, 0.25) is 0 Å². The first-order valence-corrected chi connectivity index (χ1v) is 7.94. The molecule has 0 aromatic heterocycles. The lowest BCUT2D eigenvalue weighted by molar-refractivity contribution is 0.151. The molecule has 112 valence electrons. The van der Waals surface area contributed by atoms with Crippen LogP contribution in [-0.4, -0.2) is 42.8 Å². The fraction of sp³-hybridized carbons (Fsp3) is 0.600. The summed E-state index contributed by atoms with van der Waals surface area (Å²) in [6.45, 7) is 5.65. The molecular formula is C15H22BrFN2O. The van der Waals surface area contributed by atoms with Crippen LogP contribution in [0, 0.1) is 12.7 Å². The Labute approximate surface area is 128 Å². The SMILES string of the molecule is Cc1cc(Br)cc([C@@H](CCCO)N2CCNCC2)c1F. The molecule has 0 saturated carbocycles. The van der Waals surface area contributed by atoms with E-state index in [0.717, 1.165) is 42.6 Å². The van der Waals surface area contributed by atoms with E-state index in [9.17, 15) is 4.39 Å². The third kappa shape index (κ3) is 3.79. The highest BCUT2D eigenvalue weighted by molar-refractivity contribution is 9.10. The molecule has 0 radical (unpaired) electrons. The molecule has 0 amide bonds. The van der Waals surface area contributed by atoms with E-state index in [1.807, 2.05) is 6.07 Å². The van der Waals surface area contributed by atoms with Gasteiger partial charge in [0.25, 0.3) is 0 Å². The molecule has 0 bridgehead atoms. The van der Waals surface area contributed by atoms with Crippen LogP contribution in [0.4, 0.5) is 4.39 Å². The summed E-state index contributed by atoms with van der Waals surface area (Å²) >= 11 is 3.46. The van der Waals surface area contributed by atoms with Gasteiger partial charge in [0.15, 0.2) is 0 Å². The van der Waals surface area contributed by atoms with Crippen LogP contribution in [0.15, 0.2) is 16.6 Å². The number of piperazine rings is 1. The monoisotopic (exact) mass is 344 g/mol. The quantitative estimate of drug-likeness (QED) is 0.861. The first kappa shape index (κ1) is 15.9. The van der Waals surface area contributed by atoms with Gasteiger partial charge in [-0.05, 0) is 37.5 Å². The Kier molecular flexibility index (Phi) is 5.96. The Bertz CT molecular complexity index is 450. The third-order valence-electron chi connectivity index (χ3n) is 3.83. The second-order valence-electron chi connectivity index (χ2n) is 5.29. The van der Waals surface area contributed by atoms with Crippen LogP contribution in [0.2, 0.25) is 0 Å². The highest BCUT2D eigenvalue weighted by Gasteiger charge is 2.25. The zero-order valence-electron chi connectivity index (χ0n) is 11.8. The van der Waals surface area contributed by atoms with Crippen molar-refractivity contribution in [1.82, 2.24) is 10.2 Å². The summed E-state index contributed by atoms with van der Waals surface area (Å²) < 4.78 is 15.4. The van der Waals surface area contributed by atoms with Gasteiger partial charge < -0.3 is 10.4 Å². The van der Waals surface area contributed by atoms with Crippen molar-refractivity contribution in [3.63, 3.8) is 0 Å². The average molecular weight is 345 g/mol. The Morgan fingerprint density at radius 3 is 2.75 bits per heavy atom. The van der Waals surface area contributed by atoms with Crippen molar-refractivity contribution in [3.05, 3.63) is 33.5 Å². The van der Waals surface area contributed by atoms with Crippen molar-refractivity contribution < 1.29 is 9.50 Å². The summed E-state index contributed by atoms with van der Waals surface area (Å²) in [5.41, 5.74) is 1.41. The molecule has 1 aromatic rings. The van der Waals surface area contributed by atoms with Crippen LogP contribution in [0.25, 0.3) is 0 Å². The van der Waals surface area contributed by atoms with E-state index in [2.05, 4.69) is 26.1 Å². The van der Waals surface area contributed by atoms with E-state index < -0.39 is 0 Å². The maximum atomic E-state index is 14.5. The van der Waals surface area contributed by atoms with Crippen molar-refractivity contribution in [1.29, 1.82) is 0 Å². The van der Waals surface area contributed by atoms with Gasteiger partial charge in [0, 0.05) is 48.9 Å². The molecule has 1 aromatic carbocycles. The first-order chi connectivity index (χ1) is 9.63. The zero-order chi connectivity index (χ0) is 14.5. The summed E-state index contributed by atoms with van der Waals surface area (Å²) in [7, 11) is 0. The van der Waals surface area contributed by atoms with Crippen LogP contribution < -0.4 is 5.32 Å². The van der Waals surface area contributed by atoms with Gasteiger partial charge in [-0.1, -0.05) is 15.9 Å². The summed E-state index contributed by atoms with van der Waals surface area (Å²) in [4.78, 5) is 2.32. The van der Waals surface area contributed by atoms with Gasteiger partial charge in [0.1, 0.15) is 5.82 Å². The van der Waals surface area contributed by atoms with Crippen molar-refractivity contribution in [2.75, 3.05) is 32.8 Å². The maximum absolute atomic E-state index is 14.5. The fourth-order valence-corrected chi connectivity index (χ4v) is 3.40. The second-order valence-corrected chi connectivity index (χ2v) is 6.21.